The minimum absolute atomic E-state index is 0.166. The van der Waals surface area contributed by atoms with E-state index in [1.54, 1.807) is 35.8 Å². The maximum Gasteiger partial charge on any atom is 0.416 e. The largest absolute Gasteiger partial charge is 0.416 e. The molecular weight excluding hydrogens is 572 g/mol. The first-order valence-corrected chi connectivity index (χ1v) is 14.3. The number of thiazole rings is 1. The molecule has 1 atom stereocenters. The predicted molar refractivity (Wildman–Crippen MR) is 153 cm³/mol. The van der Waals surface area contributed by atoms with Crippen molar-refractivity contribution in [3.8, 4) is 0 Å². The van der Waals surface area contributed by atoms with E-state index in [1.807, 2.05) is 10.3 Å². The third-order valence-corrected chi connectivity index (χ3v) is 8.20. The van der Waals surface area contributed by atoms with Crippen molar-refractivity contribution in [1.29, 1.82) is 0 Å². The van der Waals surface area contributed by atoms with Crippen LogP contribution in [0.15, 0.2) is 69.0 Å². The maximum absolute atomic E-state index is 14.9. The molecule has 1 aliphatic heterocycles. The van der Waals surface area contributed by atoms with E-state index in [0.29, 0.717) is 38.3 Å². The molecule has 0 aliphatic carbocycles. The van der Waals surface area contributed by atoms with Gasteiger partial charge < -0.3 is 10.6 Å². The van der Waals surface area contributed by atoms with Crippen LogP contribution in [0.3, 0.4) is 0 Å². The van der Waals surface area contributed by atoms with Crippen LogP contribution in [-0.4, -0.2) is 45.2 Å². The molecule has 1 saturated heterocycles. The smallest absolute Gasteiger partial charge is 0.363 e. The fourth-order valence-corrected chi connectivity index (χ4v) is 5.87. The van der Waals surface area contributed by atoms with Crippen LogP contribution >= 0.6 is 11.3 Å². The maximum atomic E-state index is 14.9. The first-order chi connectivity index (χ1) is 20.0. The summed E-state index contributed by atoms with van der Waals surface area (Å²) in [6.45, 7) is 3.34. The molecule has 8 nitrogen and oxygen atoms in total. The normalized spacial score (nSPS) is 15.2. The molecule has 2 aromatic carbocycles. The Morgan fingerprint density at radius 1 is 0.976 bits per heavy atom. The topological polar surface area (TPSA) is 89.4 Å². The molecule has 0 spiro atoms. The summed E-state index contributed by atoms with van der Waals surface area (Å²) in [5.74, 6) is -1.09. The molecule has 0 radical (unpaired) electrons. The summed E-state index contributed by atoms with van der Waals surface area (Å²) in [5.41, 5.74) is 6.83. The number of alkyl halides is 3. The van der Waals surface area contributed by atoms with Crippen LogP contribution in [0.2, 0.25) is 0 Å². The Kier molecular flexibility index (Phi) is 8.62. The summed E-state index contributed by atoms with van der Waals surface area (Å²) in [6, 6.07) is 10.8. The van der Waals surface area contributed by atoms with Crippen molar-refractivity contribution in [3.05, 3.63) is 114 Å². The summed E-state index contributed by atoms with van der Waals surface area (Å²) in [5, 5.41) is 1.97. The lowest BCUT2D eigenvalue weighted by Gasteiger charge is -2.36. The first-order valence-electron chi connectivity index (χ1n) is 13.4. The SMILES string of the molecule is Cc1c(N2CCN(Cc3cscn3)CC2)c(=O)n(C[C@H](N)c2ccccc2)c(=O)n1Cc1c(F)cccc1C(F)(F)F. The highest BCUT2D eigenvalue weighted by molar-refractivity contribution is 7.07. The lowest BCUT2D eigenvalue weighted by Crippen LogP contribution is -2.51. The lowest BCUT2D eigenvalue weighted by atomic mass is 10.1. The molecule has 3 heterocycles. The third kappa shape index (κ3) is 6.18. The van der Waals surface area contributed by atoms with Crippen molar-refractivity contribution in [2.24, 2.45) is 5.73 Å². The van der Waals surface area contributed by atoms with Crippen molar-refractivity contribution in [2.45, 2.75) is 38.8 Å². The Bertz CT molecular complexity index is 1650. The number of anilines is 1. The van der Waals surface area contributed by atoms with Gasteiger partial charge in [-0.3, -0.25) is 18.8 Å². The predicted octanol–water partition coefficient (Wildman–Crippen LogP) is 4.00. The summed E-state index contributed by atoms with van der Waals surface area (Å²) in [7, 11) is 0. The number of benzene rings is 2. The zero-order valence-electron chi connectivity index (χ0n) is 22.9. The Hall–Kier alpha value is -3.81. The number of hydrogen-bond donors (Lipinski definition) is 1. The summed E-state index contributed by atoms with van der Waals surface area (Å²) < 4.78 is 58.4. The summed E-state index contributed by atoms with van der Waals surface area (Å²) in [4.78, 5) is 36.0. The van der Waals surface area contributed by atoms with Gasteiger partial charge >= 0.3 is 11.9 Å². The minimum atomic E-state index is -4.84. The number of hydrogen-bond acceptors (Lipinski definition) is 7. The van der Waals surface area contributed by atoms with Crippen LogP contribution in [0.4, 0.5) is 23.2 Å². The van der Waals surface area contributed by atoms with Crippen molar-refractivity contribution < 1.29 is 17.6 Å². The molecule has 0 bridgehead atoms. The van der Waals surface area contributed by atoms with Gasteiger partial charge in [0.25, 0.3) is 5.56 Å². The van der Waals surface area contributed by atoms with E-state index < -0.39 is 47.0 Å². The molecule has 2 N–H and O–H groups in total. The molecule has 4 aromatic rings. The van der Waals surface area contributed by atoms with Crippen molar-refractivity contribution in [3.63, 3.8) is 0 Å². The second-order valence-electron chi connectivity index (χ2n) is 10.2. The van der Waals surface area contributed by atoms with E-state index >= 15 is 0 Å². The van der Waals surface area contributed by atoms with Crippen LogP contribution in [0.1, 0.15) is 34.1 Å². The fraction of sp³-hybridized carbons (Fsp3) is 0.345. The van der Waals surface area contributed by atoms with E-state index in [1.165, 1.54) is 18.3 Å². The average Bonchev–Trinajstić information content (AvgIpc) is 3.48. The molecule has 5 rings (SSSR count). The molecule has 0 unspecified atom stereocenters. The van der Waals surface area contributed by atoms with Crippen LogP contribution in [0.25, 0.3) is 0 Å². The highest BCUT2D eigenvalue weighted by Gasteiger charge is 2.35. The molecular formula is C29H30F4N6O2S. The number of halogens is 4. The highest BCUT2D eigenvalue weighted by atomic mass is 32.1. The van der Waals surface area contributed by atoms with Gasteiger partial charge in [0.2, 0.25) is 0 Å². The van der Waals surface area contributed by atoms with E-state index in [4.69, 9.17) is 5.73 Å². The number of rotatable bonds is 8. The van der Waals surface area contributed by atoms with E-state index in [2.05, 4.69) is 9.88 Å². The zero-order chi connectivity index (χ0) is 30.0. The molecule has 1 aliphatic rings. The third-order valence-electron chi connectivity index (χ3n) is 7.56. The van der Waals surface area contributed by atoms with Gasteiger partial charge in [0.05, 0.1) is 29.9 Å². The molecule has 1 fully saturated rings. The average molecular weight is 603 g/mol. The Morgan fingerprint density at radius 2 is 1.69 bits per heavy atom. The first kappa shape index (κ1) is 29.7. The molecule has 2 aromatic heterocycles. The number of aromatic nitrogens is 3. The van der Waals surface area contributed by atoms with Crippen molar-refractivity contribution in [2.75, 3.05) is 31.1 Å². The van der Waals surface area contributed by atoms with Crippen LogP contribution in [0.5, 0.6) is 0 Å². The quantitative estimate of drug-likeness (QED) is 0.307. The Labute approximate surface area is 243 Å². The second kappa shape index (κ2) is 12.2. The van der Waals surface area contributed by atoms with Crippen molar-refractivity contribution >= 4 is 17.0 Å². The zero-order valence-corrected chi connectivity index (χ0v) is 23.7. The van der Waals surface area contributed by atoms with Crippen LogP contribution in [-0.2, 0) is 25.8 Å². The van der Waals surface area contributed by atoms with Gasteiger partial charge in [-0.05, 0) is 24.6 Å². The van der Waals surface area contributed by atoms with Gasteiger partial charge in [0, 0.05) is 55.4 Å². The second-order valence-corrected chi connectivity index (χ2v) is 11.0. The van der Waals surface area contributed by atoms with Gasteiger partial charge in [-0.15, -0.1) is 11.3 Å². The van der Waals surface area contributed by atoms with Crippen LogP contribution < -0.4 is 21.9 Å². The molecule has 0 amide bonds. The van der Waals surface area contributed by atoms with E-state index in [9.17, 15) is 27.2 Å². The fourth-order valence-electron chi connectivity index (χ4n) is 5.32. The highest BCUT2D eigenvalue weighted by Crippen LogP contribution is 2.33. The molecule has 222 valence electrons. The van der Waals surface area contributed by atoms with Gasteiger partial charge in [-0.1, -0.05) is 36.4 Å². The molecule has 0 saturated carbocycles. The summed E-state index contributed by atoms with van der Waals surface area (Å²) >= 11 is 1.51. The molecule has 13 heteroatoms. The van der Waals surface area contributed by atoms with Gasteiger partial charge in [-0.25, -0.2) is 14.2 Å². The number of nitrogens with zero attached hydrogens (tertiary/aromatic N) is 5. The van der Waals surface area contributed by atoms with E-state index in [0.717, 1.165) is 33.0 Å². The number of piperazine rings is 1. The van der Waals surface area contributed by atoms with Gasteiger partial charge in [0.1, 0.15) is 11.5 Å². The number of nitrogens with two attached hydrogens (primary N) is 1. The minimum Gasteiger partial charge on any atom is -0.363 e. The van der Waals surface area contributed by atoms with Crippen molar-refractivity contribution in [1.82, 2.24) is 19.0 Å². The standard InChI is InChI=1S/C29H30F4N6O2S/c1-19-26(37-12-10-36(11-13-37)14-21-17-42-18-35-21)27(40)39(16-25(34)20-6-3-2-4-7-20)28(41)38(19)15-22-23(29(31,32)33)8-5-9-24(22)30/h2-9,17-18,25H,10-16,34H2,1H3/t25-/m0/s1. The lowest BCUT2D eigenvalue weighted by molar-refractivity contribution is -0.138. The molecule has 42 heavy (non-hydrogen) atoms. The monoisotopic (exact) mass is 602 g/mol. The Morgan fingerprint density at radius 3 is 2.33 bits per heavy atom. The summed E-state index contributed by atoms with van der Waals surface area (Å²) in [6.07, 6.45) is -4.84. The van der Waals surface area contributed by atoms with Gasteiger partial charge in [-0.2, -0.15) is 13.2 Å². The van der Waals surface area contributed by atoms with Crippen LogP contribution in [0, 0.1) is 12.7 Å². The van der Waals surface area contributed by atoms with E-state index in [-0.39, 0.29) is 17.9 Å². The Balaban J connectivity index is 1.56. The van der Waals surface area contributed by atoms with Gasteiger partial charge in [0.15, 0.2) is 0 Å².